The van der Waals surface area contributed by atoms with Crippen molar-refractivity contribution in [2.24, 2.45) is 0 Å². The Labute approximate surface area is 170 Å². The molecular weight excluding hydrogens is 407 g/mol. The average molecular weight is 429 g/mol. The van der Waals surface area contributed by atoms with Gasteiger partial charge in [-0.15, -0.1) is 0 Å². The molecular formula is C19H22Cl2N2O3S. The number of hydrogen-bond donors (Lipinski definition) is 1. The number of aryl methyl sites for hydroxylation is 2. The maximum Gasteiger partial charge on any atom is 0.243 e. The number of para-hydroxylation sites is 1. The first-order valence-electron chi connectivity index (χ1n) is 8.24. The summed E-state index contributed by atoms with van der Waals surface area (Å²) in [5.41, 5.74) is 3.39. The van der Waals surface area contributed by atoms with Crippen molar-refractivity contribution in [3.8, 4) is 0 Å². The highest BCUT2D eigenvalue weighted by Gasteiger charge is 2.28. The summed E-state index contributed by atoms with van der Waals surface area (Å²) in [5.74, 6) is -0.532. The molecule has 0 saturated carbocycles. The van der Waals surface area contributed by atoms with Crippen LogP contribution < -0.4 is 5.32 Å². The second-order valence-electron chi connectivity index (χ2n) is 6.50. The van der Waals surface area contributed by atoms with Crippen LogP contribution in [0.4, 0.5) is 5.69 Å². The minimum absolute atomic E-state index is 0.242. The number of carbonyl (C=O) groups is 1. The number of halogens is 2. The van der Waals surface area contributed by atoms with Crippen molar-refractivity contribution >= 4 is 44.8 Å². The van der Waals surface area contributed by atoms with Gasteiger partial charge in [-0.25, -0.2) is 8.42 Å². The lowest BCUT2D eigenvalue weighted by Crippen LogP contribution is -2.35. The van der Waals surface area contributed by atoms with E-state index in [9.17, 15) is 13.2 Å². The van der Waals surface area contributed by atoms with Gasteiger partial charge < -0.3 is 5.32 Å². The van der Waals surface area contributed by atoms with Crippen molar-refractivity contribution in [1.82, 2.24) is 4.31 Å². The van der Waals surface area contributed by atoms with Crippen molar-refractivity contribution in [1.29, 1.82) is 0 Å². The molecule has 2 rings (SSSR count). The molecule has 0 atom stereocenters. The summed E-state index contributed by atoms with van der Waals surface area (Å²) in [6.45, 7) is 6.91. The van der Waals surface area contributed by atoms with Crippen molar-refractivity contribution in [2.45, 2.75) is 32.6 Å². The van der Waals surface area contributed by atoms with Crippen molar-refractivity contribution in [3.63, 3.8) is 0 Å². The number of carbonyl (C=O) groups excluding carboxylic acids is 1. The SMILES string of the molecule is Cc1cc(C)c(C)c(S(=O)(=O)N(C)CC(=O)Nc2c(Cl)cccc2Cl)c1C. The third-order valence-electron chi connectivity index (χ3n) is 4.56. The van der Waals surface area contributed by atoms with E-state index in [-0.39, 0.29) is 27.2 Å². The van der Waals surface area contributed by atoms with Gasteiger partial charge in [-0.05, 0) is 62.1 Å². The van der Waals surface area contributed by atoms with Crippen molar-refractivity contribution in [3.05, 3.63) is 56.6 Å². The van der Waals surface area contributed by atoms with Crippen LogP contribution in [0.5, 0.6) is 0 Å². The Bertz CT molecular complexity index is 958. The monoisotopic (exact) mass is 428 g/mol. The van der Waals surface area contributed by atoms with E-state index in [1.807, 2.05) is 19.9 Å². The Kier molecular flexibility index (Phi) is 6.58. The smallest absolute Gasteiger partial charge is 0.243 e. The third-order valence-corrected chi connectivity index (χ3v) is 7.27. The van der Waals surface area contributed by atoms with Crippen LogP contribution in [0.1, 0.15) is 22.3 Å². The first kappa shape index (κ1) is 21.7. The Morgan fingerprint density at radius 2 is 1.52 bits per heavy atom. The molecule has 0 radical (unpaired) electrons. The van der Waals surface area contributed by atoms with Crippen molar-refractivity contribution in [2.75, 3.05) is 18.9 Å². The molecule has 0 aromatic heterocycles. The first-order chi connectivity index (χ1) is 12.5. The number of anilines is 1. The van der Waals surface area contributed by atoms with Crippen LogP contribution >= 0.6 is 23.2 Å². The number of rotatable bonds is 5. The zero-order chi connectivity index (χ0) is 20.5. The molecule has 0 spiro atoms. The predicted molar refractivity (Wildman–Crippen MR) is 110 cm³/mol. The van der Waals surface area contributed by atoms with Crippen LogP contribution in [0.15, 0.2) is 29.2 Å². The molecule has 8 heteroatoms. The predicted octanol–water partition coefficient (Wildman–Crippen LogP) is 4.49. The maximum atomic E-state index is 13.1. The highest BCUT2D eigenvalue weighted by Crippen LogP contribution is 2.30. The lowest BCUT2D eigenvalue weighted by Gasteiger charge is -2.22. The first-order valence-corrected chi connectivity index (χ1v) is 10.4. The highest BCUT2D eigenvalue weighted by molar-refractivity contribution is 7.89. The normalized spacial score (nSPS) is 11.7. The molecule has 0 aliphatic heterocycles. The van der Waals surface area contributed by atoms with Gasteiger partial charge >= 0.3 is 0 Å². The molecule has 0 saturated heterocycles. The zero-order valence-corrected chi connectivity index (χ0v) is 18.2. The summed E-state index contributed by atoms with van der Waals surface area (Å²) in [5, 5.41) is 3.14. The van der Waals surface area contributed by atoms with Crippen molar-refractivity contribution < 1.29 is 13.2 Å². The molecule has 2 aromatic rings. The van der Waals surface area contributed by atoms with Gasteiger partial charge in [0.15, 0.2) is 0 Å². The lowest BCUT2D eigenvalue weighted by atomic mass is 10.0. The highest BCUT2D eigenvalue weighted by atomic mass is 35.5. The van der Waals surface area contributed by atoms with Gasteiger partial charge in [0.05, 0.1) is 27.2 Å². The van der Waals surface area contributed by atoms with E-state index in [1.54, 1.807) is 32.0 Å². The number of amides is 1. The average Bonchev–Trinajstić information content (AvgIpc) is 2.56. The Morgan fingerprint density at radius 1 is 1.04 bits per heavy atom. The minimum Gasteiger partial charge on any atom is -0.322 e. The van der Waals surface area contributed by atoms with Crippen LogP contribution in [0.2, 0.25) is 10.0 Å². The van der Waals surface area contributed by atoms with Gasteiger partial charge in [-0.2, -0.15) is 4.31 Å². The van der Waals surface area contributed by atoms with Gasteiger partial charge in [0, 0.05) is 7.05 Å². The van der Waals surface area contributed by atoms with Gasteiger partial charge in [0.2, 0.25) is 15.9 Å². The maximum absolute atomic E-state index is 13.1. The molecule has 146 valence electrons. The lowest BCUT2D eigenvalue weighted by molar-refractivity contribution is -0.116. The second kappa shape index (κ2) is 8.19. The molecule has 0 aliphatic carbocycles. The standard InChI is InChI=1S/C19H22Cl2N2O3S/c1-11-9-12(2)14(4)19(13(11)3)27(25,26)23(5)10-17(24)22-18-15(20)7-6-8-16(18)21/h6-9H,10H2,1-5H3,(H,22,24). The quantitative estimate of drug-likeness (QED) is 0.762. The van der Waals surface area contributed by atoms with Gasteiger partial charge in [-0.3, -0.25) is 4.79 Å². The number of nitrogens with zero attached hydrogens (tertiary/aromatic N) is 1. The Hall–Kier alpha value is -1.60. The fraction of sp³-hybridized carbons (Fsp3) is 0.316. The Morgan fingerprint density at radius 3 is 2.00 bits per heavy atom. The van der Waals surface area contributed by atoms with Crippen LogP contribution in [-0.2, 0) is 14.8 Å². The van der Waals surface area contributed by atoms with Gasteiger partial charge in [0.25, 0.3) is 0 Å². The largest absolute Gasteiger partial charge is 0.322 e. The molecule has 0 unspecified atom stereocenters. The topological polar surface area (TPSA) is 66.5 Å². The second-order valence-corrected chi connectivity index (χ2v) is 9.29. The fourth-order valence-electron chi connectivity index (χ4n) is 2.81. The van der Waals surface area contributed by atoms with Crippen LogP contribution in [0.25, 0.3) is 0 Å². The molecule has 0 heterocycles. The molecule has 0 aliphatic rings. The number of sulfonamides is 1. The van der Waals surface area contributed by atoms with Crippen LogP contribution in [-0.4, -0.2) is 32.2 Å². The number of nitrogens with one attached hydrogen (secondary N) is 1. The fourth-order valence-corrected chi connectivity index (χ4v) is 4.99. The molecule has 1 amide bonds. The molecule has 2 aromatic carbocycles. The zero-order valence-electron chi connectivity index (χ0n) is 15.9. The number of benzene rings is 2. The van der Waals surface area contributed by atoms with E-state index in [1.165, 1.54) is 7.05 Å². The van der Waals surface area contributed by atoms with E-state index >= 15 is 0 Å². The third kappa shape index (κ3) is 4.46. The summed E-state index contributed by atoms with van der Waals surface area (Å²) in [4.78, 5) is 12.6. The summed E-state index contributed by atoms with van der Waals surface area (Å²) < 4.78 is 27.2. The van der Waals surface area contributed by atoms with Crippen LogP contribution in [0.3, 0.4) is 0 Å². The Balaban J connectivity index is 2.30. The van der Waals surface area contributed by atoms with Gasteiger partial charge in [0.1, 0.15) is 0 Å². The number of hydrogen-bond acceptors (Lipinski definition) is 3. The van der Waals surface area contributed by atoms with E-state index in [2.05, 4.69) is 5.32 Å². The van der Waals surface area contributed by atoms with Crippen LogP contribution in [0, 0.1) is 27.7 Å². The summed E-state index contributed by atoms with van der Waals surface area (Å²) in [6, 6.07) is 6.79. The molecule has 0 fully saturated rings. The van der Waals surface area contributed by atoms with E-state index in [0.29, 0.717) is 11.1 Å². The summed E-state index contributed by atoms with van der Waals surface area (Å²) >= 11 is 12.1. The summed E-state index contributed by atoms with van der Waals surface area (Å²) in [6.07, 6.45) is 0. The summed E-state index contributed by atoms with van der Waals surface area (Å²) in [7, 11) is -2.47. The molecule has 27 heavy (non-hydrogen) atoms. The number of likely N-dealkylation sites (N-methyl/N-ethyl adjacent to an activating group) is 1. The molecule has 5 nitrogen and oxygen atoms in total. The van der Waals surface area contributed by atoms with E-state index in [0.717, 1.165) is 15.4 Å². The van der Waals surface area contributed by atoms with Gasteiger partial charge in [-0.1, -0.05) is 35.3 Å². The molecule has 0 bridgehead atoms. The van der Waals surface area contributed by atoms with E-state index in [4.69, 9.17) is 23.2 Å². The minimum atomic E-state index is -3.85. The molecule has 1 N–H and O–H groups in total. The van der Waals surface area contributed by atoms with E-state index < -0.39 is 15.9 Å².